The topological polar surface area (TPSA) is 81.4 Å². The summed E-state index contributed by atoms with van der Waals surface area (Å²) >= 11 is 5.78. The van der Waals surface area contributed by atoms with Gasteiger partial charge in [-0.3, -0.25) is 0 Å². The first-order valence-corrected chi connectivity index (χ1v) is 6.99. The van der Waals surface area contributed by atoms with Gasteiger partial charge in [-0.2, -0.15) is 5.26 Å². The van der Waals surface area contributed by atoms with E-state index >= 15 is 0 Å². The molecule has 0 amide bonds. The molecule has 0 spiro atoms. The van der Waals surface area contributed by atoms with E-state index in [1.165, 1.54) is 19.4 Å². The monoisotopic (exact) mass is 332 g/mol. The second kappa shape index (κ2) is 7.47. The summed E-state index contributed by atoms with van der Waals surface area (Å²) < 4.78 is 15.5. The summed E-state index contributed by atoms with van der Waals surface area (Å²) in [6.07, 6.45) is 0.683. The highest BCUT2D eigenvalue weighted by molar-refractivity contribution is 6.30. The van der Waals surface area contributed by atoms with Crippen LogP contribution in [0.15, 0.2) is 36.5 Å². The van der Waals surface area contributed by atoms with Gasteiger partial charge in [0.2, 0.25) is 5.88 Å². The molecule has 1 heterocycles. The van der Waals surface area contributed by atoms with Crippen molar-refractivity contribution < 1.29 is 19.0 Å². The van der Waals surface area contributed by atoms with Crippen molar-refractivity contribution in [3.05, 3.63) is 47.1 Å². The minimum absolute atomic E-state index is 0.161. The normalized spacial score (nSPS) is 11.2. The number of nitriles is 1. The van der Waals surface area contributed by atoms with Gasteiger partial charge >= 0.3 is 5.97 Å². The highest BCUT2D eigenvalue weighted by atomic mass is 35.5. The molecular weight excluding hydrogens is 320 g/mol. The zero-order chi connectivity index (χ0) is 16.8. The Morgan fingerprint density at radius 1 is 1.30 bits per heavy atom. The Morgan fingerprint density at radius 2 is 1.96 bits per heavy atom. The molecule has 0 bridgehead atoms. The predicted octanol–water partition coefficient (Wildman–Crippen LogP) is 3.34. The minimum atomic E-state index is -0.713. The van der Waals surface area contributed by atoms with E-state index in [-0.39, 0.29) is 11.4 Å². The molecule has 0 saturated heterocycles. The third kappa shape index (κ3) is 4.34. The molecule has 0 saturated carbocycles. The Labute approximate surface area is 138 Å². The molecule has 0 N–H and O–H groups in total. The summed E-state index contributed by atoms with van der Waals surface area (Å²) in [6, 6.07) is 9.98. The summed E-state index contributed by atoms with van der Waals surface area (Å²) in [5.41, 5.74) is 0.233. The third-order valence-electron chi connectivity index (χ3n) is 2.82. The molecule has 0 aliphatic heterocycles. The predicted molar refractivity (Wildman–Crippen MR) is 82.6 cm³/mol. The molecule has 0 radical (unpaired) electrons. The van der Waals surface area contributed by atoms with Crippen LogP contribution in [0, 0.1) is 11.3 Å². The van der Waals surface area contributed by atoms with Gasteiger partial charge in [-0.15, -0.1) is 0 Å². The second-order valence-electron chi connectivity index (χ2n) is 4.47. The van der Waals surface area contributed by atoms with Gasteiger partial charge < -0.3 is 14.2 Å². The number of rotatable bonds is 5. The first-order valence-electron chi connectivity index (χ1n) is 6.61. The summed E-state index contributed by atoms with van der Waals surface area (Å²) in [6.45, 7) is 1.59. The lowest BCUT2D eigenvalue weighted by Gasteiger charge is -2.13. The molecule has 0 aliphatic rings. The third-order valence-corrected chi connectivity index (χ3v) is 3.03. The van der Waals surface area contributed by atoms with Crippen molar-refractivity contribution in [3.8, 4) is 23.4 Å². The van der Waals surface area contributed by atoms with Gasteiger partial charge in [-0.1, -0.05) is 11.6 Å². The molecule has 1 aromatic carbocycles. The standard InChI is InChI=1S/C16H13ClN2O4/c1-10(16(20)21-2)22-13-3-5-14(6-4-13)23-15-11(8-18)7-12(17)9-19-15/h3-7,9-10H,1-2H3. The van der Waals surface area contributed by atoms with Crippen molar-refractivity contribution in [2.45, 2.75) is 13.0 Å². The van der Waals surface area contributed by atoms with E-state index < -0.39 is 12.1 Å². The van der Waals surface area contributed by atoms with Gasteiger partial charge in [-0.25, -0.2) is 9.78 Å². The molecule has 2 rings (SSSR count). The Hall–Kier alpha value is -2.78. The number of aromatic nitrogens is 1. The van der Waals surface area contributed by atoms with Gasteiger partial charge in [0.15, 0.2) is 6.10 Å². The molecule has 1 atom stereocenters. The fourth-order valence-electron chi connectivity index (χ4n) is 1.70. The van der Waals surface area contributed by atoms with E-state index in [1.54, 1.807) is 31.2 Å². The lowest BCUT2D eigenvalue weighted by atomic mass is 10.3. The molecular formula is C16H13ClN2O4. The van der Waals surface area contributed by atoms with Gasteiger partial charge in [0.25, 0.3) is 0 Å². The number of carbonyl (C=O) groups excluding carboxylic acids is 1. The molecule has 1 unspecified atom stereocenters. The van der Waals surface area contributed by atoms with E-state index in [2.05, 4.69) is 9.72 Å². The number of hydrogen-bond acceptors (Lipinski definition) is 6. The maximum atomic E-state index is 11.3. The summed E-state index contributed by atoms with van der Waals surface area (Å²) in [7, 11) is 1.30. The van der Waals surface area contributed by atoms with Crippen molar-refractivity contribution >= 4 is 17.6 Å². The minimum Gasteiger partial charge on any atom is -0.479 e. The average molecular weight is 333 g/mol. The lowest BCUT2D eigenvalue weighted by molar-refractivity contribution is -0.147. The van der Waals surface area contributed by atoms with Crippen LogP contribution in [0.1, 0.15) is 12.5 Å². The SMILES string of the molecule is COC(=O)C(C)Oc1ccc(Oc2ncc(Cl)cc2C#N)cc1. The Bertz CT molecular complexity index is 741. The van der Waals surface area contributed by atoms with Crippen LogP contribution in [-0.4, -0.2) is 24.2 Å². The van der Waals surface area contributed by atoms with Gasteiger partial charge in [0, 0.05) is 6.20 Å². The molecule has 0 aliphatic carbocycles. The fourth-order valence-corrected chi connectivity index (χ4v) is 1.86. The van der Waals surface area contributed by atoms with Crippen molar-refractivity contribution in [2.75, 3.05) is 7.11 Å². The second-order valence-corrected chi connectivity index (χ2v) is 4.91. The van der Waals surface area contributed by atoms with Gasteiger partial charge in [0.05, 0.1) is 12.1 Å². The van der Waals surface area contributed by atoms with E-state index in [0.29, 0.717) is 16.5 Å². The molecule has 7 heteroatoms. The van der Waals surface area contributed by atoms with Crippen LogP contribution in [0.5, 0.6) is 17.4 Å². The van der Waals surface area contributed by atoms with Gasteiger partial charge in [-0.05, 0) is 37.3 Å². The van der Waals surface area contributed by atoms with Crippen molar-refractivity contribution in [2.24, 2.45) is 0 Å². The fraction of sp³-hybridized carbons (Fsp3) is 0.188. The molecule has 23 heavy (non-hydrogen) atoms. The molecule has 6 nitrogen and oxygen atoms in total. The number of halogens is 1. The van der Waals surface area contributed by atoms with Crippen molar-refractivity contribution in [1.82, 2.24) is 4.98 Å². The summed E-state index contributed by atoms with van der Waals surface area (Å²) in [5, 5.41) is 9.40. The highest BCUT2D eigenvalue weighted by Crippen LogP contribution is 2.26. The molecule has 0 fully saturated rings. The Kier molecular flexibility index (Phi) is 5.39. The number of nitrogens with zero attached hydrogens (tertiary/aromatic N) is 2. The van der Waals surface area contributed by atoms with E-state index in [1.807, 2.05) is 6.07 Å². The first kappa shape index (κ1) is 16.6. The Balaban J connectivity index is 2.09. The van der Waals surface area contributed by atoms with Crippen LogP contribution in [-0.2, 0) is 9.53 Å². The van der Waals surface area contributed by atoms with Crippen LogP contribution < -0.4 is 9.47 Å². The Morgan fingerprint density at radius 3 is 2.57 bits per heavy atom. The number of benzene rings is 1. The number of esters is 1. The van der Waals surface area contributed by atoms with E-state index in [9.17, 15) is 4.79 Å². The van der Waals surface area contributed by atoms with Crippen LogP contribution in [0.2, 0.25) is 5.02 Å². The zero-order valence-corrected chi connectivity index (χ0v) is 13.2. The van der Waals surface area contributed by atoms with Crippen LogP contribution in [0.3, 0.4) is 0 Å². The highest BCUT2D eigenvalue weighted by Gasteiger charge is 2.14. The van der Waals surface area contributed by atoms with Crippen LogP contribution in [0.4, 0.5) is 0 Å². The number of carbonyl (C=O) groups is 1. The van der Waals surface area contributed by atoms with Crippen molar-refractivity contribution in [3.63, 3.8) is 0 Å². The number of ether oxygens (including phenoxy) is 3. The number of methoxy groups -OCH3 is 1. The van der Waals surface area contributed by atoms with E-state index in [0.717, 1.165) is 0 Å². The number of hydrogen-bond donors (Lipinski definition) is 0. The zero-order valence-electron chi connectivity index (χ0n) is 12.4. The summed E-state index contributed by atoms with van der Waals surface area (Å²) in [5.74, 6) is 0.650. The number of pyridine rings is 1. The lowest BCUT2D eigenvalue weighted by Crippen LogP contribution is -2.24. The molecule has 118 valence electrons. The maximum absolute atomic E-state index is 11.3. The first-order chi connectivity index (χ1) is 11.0. The largest absolute Gasteiger partial charge is 0.479 e. The van der Waals surface area contributed by atoms with Crippen LogP contribution in [0.25, 0.3) is 0 Å². The van der Waals surface area contributed by atoms with Crippen molar-refractivity contribution in [1.29, 1.82) is 5.26 Å². The smallest absolute Gasteiger partial charge is 0.346 e. The maximum Gasteiger partial charge on any atom is 0.346 e. The average Bonchev–Trinajstić information content (AvgIpc) is 2.57. The molecule has 1 aromatic heterocycles. The quantitative estimate of drug-likeness (QED) is 0.781. The van der Waals surface area contributed by atoms with E-state index in [4.69, 9.17) is 26.3 Å². The van der Waals surface area contributed by atoms with Gasteiger partial charge in [0.1, 0.15) is 23.1 Å². The van der Waals surface area contributed by atoms with Crippen LogP contribution >= 0.6 is 11.6 Å². The summed E-state index contributed by atoms with van der Waals surface area (Å²) in [4.78, 5) is 15.3. The molecule has 2 aromatic rings.